The summed E-state index contributed by atoms with van der Waals surface area (Å²) in [6.45, 7) is 0.195. The summed E-state index contributed by atoms with van der Waals surface area (Å²) in [7, 11) is 4.32. The lowest BCUT2D eigenvalue weighted by molar-refractivity contribution is -0.140. The molecule has 2 heterocycles. The highest BCUT2D eigenvalue weighted by Gasteiger charge is 2.47. The number of carbonyl (C=O) groups is 2. The molecule has 0 spiro atoms. The van der Waals surface area contributed by atoms with Crippen LogP contribution in [-0.2, 0) is 16.0 Å². The molecule has 36 heavy (non-hydrogen) atoms. The van der Waals surface area contributed by atoms with Crippen molar-refractivity contribution in [1.82, 2.24) is 4.90 Å². The number of hydrogen-bond donors (Lipinski definition) is 1. The first kappa shape index (κ1) is 25.5. The summed E-state index contributed by atoms with van der Waals surface area (Å²) in [5.74, 6) is -0.919. The summed E-state index contributed by atoms with van der Waals surface area (Å²) in [6.07, 6.45) is 1.89. The van der Waals surface area contributed by atoms with Gasteiger partial charge in [0.15, 0.2) is 11.5 Å². The van der Waals surface area contributed by atoms with Crippen molar-refractivity contribution in [1.29, 1.82) is 0 Å². The van der Waals surface area contributed by atoms with Crippen LogP contribution in [0, 0.1) is 0 Å². The van der Waals surface area contributed by atoms with Crippen LogP contribution in [0.15, 0.2) is 58.7 Å². The lowest BCUT2D eigenvalue weighted by Gasteiger charge is -2.23. The molecule has 1 aliphatic heterocycles. The second kappa shape index (κ2) is 10.6. The van der Waals surface area contributed by atoms with E-state index in [1.165, 1.54) is 31.4 Å². The summed E-state index contributed by atoms with van der Waals surface area (Å²) >= 11 is 12.7. The average molecular weight is 532 g/mol. The first-order chi connectivity index (χ1) is 17.3. The molecule has 1 fully saturated rings. The molecule has 10 heteroatoms. The van der Waals surface area contributed by atoms with Crippen LogP contribution in [0.25, 0.3) is 5.76 Å². The number of rotatable bonds is 8. The minimum Gasteiger partial charge on any atom is -0.507 e. The topological polar surface area (TPSA) is 98.4 Å². The van der Waals surface area contributed by atoms with Crippen LogP contribution in [0.5, 0.6) is 17.2 Å². The molecule has 188 valence electrons. The zero-order chi connectivity index (χ0) is 26.0. The van der Waals surface area contributed by atoms with Gasteiger partial charge in [-0.2, -0.15) is 0 Å². The molecule has 8 nitrogen and oxygen atoms in total. The molecular formula is C26H23Cl2NO7. The van der Waals surface area contributed by atoms with Crippen LogP contribution in [0.4, 0.5) is 0 Å². The lowest BCUT2D eigenvalue weighted by atomic mass is 9.98. The van der Waals surface area contributed by atoms with E-state index in [2.05, 4.69) is 0 Å². The van der Waals surface area contributed by atoms with Crippen LogP contribution in [0.2, 0.25) is 10.0 Å². The third-order valence-electron chi connectivity index (χ3n) is 5.95. The van der Waals surface area contributed by atoms with Crippen molar-refractivity contribution in [3.63, 3.8) is 0 Å². The van der Waals surface area contributed by atoms with Gasteiger partial charge in [0.2, 0.25) is 0 Å². The highest BCUT2D eigenvalue weighted by molar-refractivity contribution is 6.47. The van der Waals surface area contributed by atoms with Gasteiger partial charge in [-0.15, -0.1) is 0 Å². The maximum Gasteiger partial charge on any atom is 0.295 e. The molecule has 0 radical (unpaired) electrons. The molecule has 0 saturated carbocycles. The summed E-state index contributed by atoms with van der Waals surface area (Å²) in [5, 5.41) is 11.5. The van der Waals surface area contributed by atoms with Gasteiger partial charge >= 0.3 is 0 Å². The number of halogens is 2. The number of nitrogens with zero attached hydrogens (tertiary/aromatic N) is 1. The number of carbonyl (C=O) groups excluding carboxylic acids is 2. The zero-order valence-corrected chi connectivity index (χ0v) is 21.2. The van der Waals surface area contributed by atoms with E-state index in [4.69, 9.17) is 41.8 Å². The Bertz CT molecular complexity index is 1320. The fourth-order valence-electron chi connectivity index (χ4n) is 4.19. The van der Waals surface area contributed by atoms with Crippen molar-refractivity contribution in [2.24, 2.45) is 0 Å². The predicted octanol–water partition coefficient (Wildman–Crippen LogP) is 5.28. The van der Waals surface area contributed by atoms with Crippen molar-refractivity contribution in [3.8, 4) is 17.2 Å². The number of furan rings is 1. The molecular weight excluding hydrogens is 509 g/mol. The average Bonchev–Trinajstić information content (AvgIpc) is 3.49. The van der Waals surface area contributed by atoms with Crippen molar-refractivity contribution in [3.05, 3.63) is 81.2 Å². The number of hydrogen-bond acceptors (Lipinski definition) is 7. The molecule has 0 aliphatic carbocycles. The fourth-order valence-corrected chi connectivity index (χ4v) is 4.87. The molecule has 1 saturated heterocycles. The summed E-state index contributed by atoms with van der Waals surface area (Å²) < 4.78 is 21.4. The molecule has 2 aromatic carbocycles. The van der Waals surface area contributed by atoms with E-state index in [-0.39, 0.29) is 39.2 Å². The molecule has 1 N–H and O–H groups in total. The Balaban J connectivity index is 1.79. The van der Waals surface area contributed by atoms with Gasteiger partial charge in [0.1, 0.15) is 28.3 Å². The van der Waals surface area contributed by atoms with Crippen molar-refractivity contribution < 1.29 is 33.3 Å². The van der Waals surface area contributed by atoms with E-state index in [1.807, 2.05) is 24.3 Å². The number of methoxy groups -OCH3 is 3. The lowest BCUT2D eigenvalue weighted by Crippen LogP contribution is -2.31. The largest absolute Gasteiger partial charge is 0.507 e. The maximum atomic E-state index is 13.2. The van der Waals surface area contributed by atoms with Crippen LogP contribution >= 0.6 is 23.2 Å². The third kappa shape index (κ3) is 4.50. The Hall–Kier alpha value is -3.62. The summed E-state index contributed by atoms with van der Waals surface area (Å²) in [4.78, 5) is 27.7. The number of ketones is 1. The van der Waals surface area contributed by atoms with Gasteiger partial charge in [-0.05, 0) is 42.3 Å². The number of aliphatic hydroxyl groups excluding tert-OH is 1. The van der Waals surface area contributed by atoms with Gasteiger partial charge in [0, 0.05) is 6.54 Å². The third-order valence-corrected chi connectivity index (χ3v) is 6.57. The van der Waals surface area contributed by atoms with Gasteiger partial charge in [0.05, 0.1) is 43.8 Å². The summed E-state index contributed by atoms with van der Waals surface area (Å²) in [5.41, 5.74) is 0.810. The monoisotopic (exact) mass is 531 g/mol. The normalized spacial score (nSPS) is 16.9. The van der Waals surface area contributed by atoms with Gasteiger partial charge in [-0.25, -0.2) is 0 Å². The zero-order valence-electron chi connectivity index (χ0n) is 19.7. The second-order valence-electron chi connectivity index (χ2n) is 7.89. The van der Waals surface area contributed by atoms with Crippen LogP contribution in [0.1, 0.15) is 22.9 Å². The van der Waals surface area contributed by atoms with Gasteiger partial charge < -0.3 is 28.6 Å². The number of ether oxygens (including phenoxy) is 3. The quantitative estimate of drug-likeness (QED) is 0.240. The number of amides is 1. The van der Waals surface area contributed by atoms with E-state index >= 15 is 0 Å². The standard InChI is InChI=1S/C26H23Cl2NO7/c1-33-15-8-6-14(7-9-15)10-11-29-21(18-5-4-12-36-18)19(23(31)26(29)32)22(30)16-13-17(27)25(35-3)20(28)24(16)34-2/h4-9,12-13,21,30H,10-11H2,1-3H3/b22-19-. The first-order valence-corrected chi connectivity index (χ1v) is 11.6. The Morgan fingerprint density at radius 2 is 1.72 bits per heavy atom. The maximum absolute atomic E-state index is 13.2. The van der Waals surface area contributed by atoms with Crippen LogP contribution in [0.3, 0.4) is 0 Å². The Labute approximate surface area is 217 Å². The van der Waals surface area contributed by atoms with E-state index in [0.29, 0.717) is 17.9 Å². The van der Waals surface area contributed by atoms with E-state index in [1.54, 1.807) is 19.2 Å². The SMILES string of the molecule is COc1ccc(CCN2C(=O)C(=O)/C(=C(\O)c3cc(Cl)c(OC)c(Cl)c3OC)C2c2ccco2)cc1. The molecule has 0 bridgehead atoms. The Morgan fingerprint density at radius 3 is 2.31 bits per heavy atom. The minimum absolute atomic E-state index is 0.0114. The van der Waals surface area contributed by atoms with Crippen molar-refractivity contribution in [2.45, 2.75) is 12.5 Å². The Morgan fingerprint density at radius 1 is 1.03 bits per heavy atom. The van der Waals surface area contributed by atoms with Gasteiger partial charge in [-0.1, -0.05) is 35.3 Å². The minimum atomic E-state index is -0.970. The highest BCUT2D eigenvalue weighted by atomic mass is 35.5. The van der Waals surface area contributed by atoms with E-state index < -0.39 is 23.5 Å². The molecule has 3 aromatic rings. The predicted molar refractivity (Wildman–Crippen MR) is 134 cm³/mol. The van der Waals surface area contributed by atoms with E-state index in [0.717, 1.165) is 5.56 Å². The molecule has 1 amide bonds. The number of likely N-dealkylation sites (tertiary alicyclic amines) is 1. The Kier molecular flexibility index (Phi) is 7.47. The van der Waals surface area contributed by atoms with Crippen LogP contribution in [-0.4, -0.2) is 49.6 Å². The highest BCUT2D eigenvalue weighted by Crippen LogP contribution is 2.47. The molecule has 4 rings (SSSR count). The smallest absolute Gasteiger partial charge is 0.295 e. The molecule has 1 aliphatic rings. The number of Topliss-reactive ketones (excluding diaryl/α,β-unsaturated/α-hetero) is 1. The van der Waals surface area contributed by atoms with E-state index in [9.17, 15) is 14.7 Å². The molecule has 1 atom stereocenters. The number of benzene rings is 2. The number of aliphatic hydroxyl groups is 1. The van der Waals surface area contributed by atoms with Crippen molar-refractivity contribution in [2.75, 3.05) is 27.9 Å². The molecule has 1 aromatic heterocycles. The summed E-state index contributed by atoms with van der Waals surface area (Å²) in [6, 6.07) is 11.1. The molecule has 1 unspecified atom stereocenters. The second-order valence-corrected chi connectivity index (χ2v) is 8.68. The van der Waals surface area contributed by atoms with Gasteiger partial charge in [0.25, 0.3) is 11.7 Å². The van der Waals surface area contributed by atoms with Crippen molar-refractivity contribution >= 4 is 40.7 Å². The first-order valence-electron chi connectivity index (χ1n) is 10.9. The van der Waals surface area contributed by atoms with Gasteiger partial charge in [-0.3, -0.25) is 9.59 Å². The van der Waals surface area contributed by atoms with Crippen LogP contribution < -0.4 is 14.2 Å². The fraction of sp³-hybridized carbons (Fsp3) is 0.231.